The second kappa shape index (κ2) is 6.28. The van der Waals surface area contributed by atoms with E-state index in [0.29, 0.717) is 6.61 Å². The van der Waals surface area contributed by atoms with E-state index in [0.717, 1.165) is 18.4 Å². The van der Waals surface area contributed by atoms with Gasteiger partial charge in [0.2, 0.25) is 0 Å². The molecule has 0 aliphatic heterocycles. The van der Waals surface area contributed by atoms with Gasteiger partial charge in [0.15, 0.2) is 0 Å². The Kier molecular flexibility index (Phi) is 5.01. The number of rotatable bonds is 4. The van der Waals surface area contributed by atoms with Crippen LogP contribution in [0.25, 0.3) is 0 Å². The summed E-state index contributed by atoms with van der Waals surface area (Å²) in [5, 5.41) is 11.9. The molecule has 18 heavy (non-hydrogen) atoms. The van der Waals surface area contributed by atoms with E-state index in [2.05, 4.69) is 5.32 Å². The van der Waals surface area contributed by atoms with Crippen molar-refractivity contribution in [2.24, 2.45) is 0 Å². The van der Waals surface area contributed by atoms with E-state index < -0.39 is 0 Å². The van der Waals surface area contributed by atoms with Crippen LogP contribution >= 0.6 is 0 Å². The average molecular weight is 251 g/mol. The van der Waals surface area contributed by atoms with Gasteiger partial charge in [-0.05, 0) is 51.3 Å². The number of amides is 1. The lowest BCUT2D eigenvalue weighted by molar-refractivity contribution is 0.136. The second-order valence-corrected chi connectivity index (χ2v) is 5.28. The standard InChI is InChI=1S/C14H21NO3/c1-14(2,3)15-13(17)18-10-4-5-11-6-8-12(16)9-7-11/h6-9,16H,4-5,10H2,1-3H3,(H,15,17). The summed E-state index contributed by atoms with van der Waals surface area (Å²) in [5.74, 6) is 0.263. The number of benzene rings is 1. The summed E-state index contributed by atoms with van der Waals surface area (Å²) in [5.41, 5.74) is 0.848. The predicted molar refractivity (Wildman–Crippen MR) is 70.7 cm³/mol. The van der Waals surface area contributed by atoms with Crippen molar-refractivity contribution < 1.29 is 14.6 Å². The zero-order valence-corrected chi connectivity index (χ0v) is 11.2. The van der Waals surface area contributed by atoms with Crippen molar-refractivity contribution in [3.05, 3.63) is 29.8 Å². The van der Waals surface area contributed by atoms with Crippen LogP contribution in [0, 0.1) is 0 Å². The zero-order valence-electron chi connectivity index (χ0n) is 11.2. The molecule has 1 aromatic carbocycles. The van der Waals surface area contributed by atoms with Crippen molar-refractivity contribution in [2.75, 3.05) is 6.61 Å². The molecule has 0 heterocycles. The van der Waals surface area contributed by atoms with Crippen molar-refractivity contribution in [3.8, 4) is 5.75 Å². The van der Waals surface area contributed by atoms with E-state index >= 15 is 0 Å². The third-order valence-electron chi connectivity index (χ3n) is 2.26. The largest absolute Gasteiger partial charge is 0.508 e. The lowest BCUT2D eigenvalue weighted by atomic mass is 10.1. The normalized spacial score (nSPS) is 11.1. The summed E-state index contributed by atoms with van der Waals surface area (Å²) in [6, 6.07) is 7.04. The number of hydrogen-bond donors (Lipinski definition) is 2. The van der Waals surface area contributed by atoms with Crippen LogP contribution in [-0.2, 0) is 11.2 Å². The number of nitrogens with one attached hydrogen (secondary N) is 1. The molecule has 4 nitrogen and oxygen atoms in total. The highest BCUT2D eigenvalue weighted by molar-refractivity contribution is 5.67. The van der Waals surface area contributed by atoms with Crippen LogP contribution in [0.4, 0.5) is 4.79 Å². The van der Waals surface area contributed by atoms with E-state index in [1.807, 2.05) is 32.9 Å². The number of aryl methyl sites for hydroxylation is 1. The number of carbonyl (C=O) groups excluding carboxylic acids is 1. The monoisotopic (exact) mass is 251 g/mol. The van der Waals surface area contributed by atoms with Crippen LogP contribution in [0.15, 0.2) is 24.3 Å². The molecule has 2 N–H and O–H groups in total. The Balaban J connectivity index is 2.19. The van der Waals surface area contributed by atoms with Gasteiger partial charge >= 0.3 is 6.09 Å². The SMILES string of the molecule is CC(C)(C)NC(=O)OCCCc1ccc(O)cc1. The molecule has 0 fully saturated rings. The first-order valence-corrected chi connectivity index (χ1v) is 6.10. The van der Waals surface area contributed by atoms with E-state index in [4.69, 9.17) is 9.84 Å². The molecule has 0 bridgehead atoms. The molecule has 0 spiro atoms. The summed E-state index contributed by atoms with van der Waals surface area (Å²) in [7, 11) is 0. The van der Waals surface area contributed by atoms with E-state index in [1.54, 1.807) is 12.1 Å². The topological polar surface area (TPSA) is 58.6 Å². The molecule has 0 aliphatic rings. The highest BCUT2D eigenvalue weighted by Gasteiger charge is 2.13. The molecule has 1 amide bonds. The number of aromatic hydroxyl groups is 1. The van der Waals surface area contributed by atoms with Gasteiger partial charge in [0.1, 0.15) is 5.75 Å². The molecule has 0 aromatic heterocycles. The van der Waals surface area contributed by atoms with Gasteiger partial charge in [-0.1, -0.05) is 12.1 Å². The minimum absolute atomic E-state index is 0.263. The quantitative estimate of drug-likeness (QED) is 0.809. The van der Waals surface area contributed by atoms with Gasteiger partial charge < -0.3 is 15.2 Å². The fraction of sp³-hybridized carbons (Fsp3) is 0.500. The number of carbonyl (C=O) groups is 1. The fourth-order valence-corrected chi connectivity index (χ4v) is 1.45. The van der Waals surface area contributed by atoms with E-state index in [-0.39, 0.29) is 17.4 Å². The maximum atomic E-state index is 11.3. The Morgan fingerprint density at radius 3 is 2.44 bits per heavy atom. The second-order valence-electron chi connectivity index (χ2n) is 5.28. The van der Waals surface area contributed by atoms with Crippen molar-refractivity contribution in [1.82, 2.24) is 5.32 Å². The van der Waals surface area contributed by atoms with Gasteiger partial charge in [-0.3, -0.25) is 0 Å². The van der Waals surface area contributed by atoms with Gasteiger partial charge in [0, 0.05) is 5.54 Å². The highest BCUT2D eigenvalue weighted by atomic mass is 16.5. The average Bonchev–Trinajstić information content (AvgIpc) is 2.24. The van der Waals surface area contributed by atoms with E-state index in [1.165, 1.54) is 0 Å². The fourth-order valence-electron chi connectivity index (χ4n) is 1.45. The number of phenolic OH excluding ortho intramolecular Hbond substituents is 1. The van der Waals surface area contributed by atoms with Crippen molar-refractivity contribution in [2.45, 2.75) is 39.2 Å². The first-order chi connectivity index (χ1) is 8.37. The number of hydrogen-bond acceptors (Lipinski definition) is 3. The van der Waals surface area contributed by atoms with Crippen LogP contribution in [0.2, 0.25) is 0 Å². The van der Waals surface area contributed by atoms with Gasteiger partial charge in [0.25, 0.3) is 0 Å². The predicted octanol–water partition coefficient (Wildman–Crippen LogP) is 2.85. The molecule has 0 radical (unpaired) electrons. The lowest BCUT2D eigenvalue weighted by Gasteiger charge is -2.19. The van der Waals surface area contributed by atoms with Crippen molar-refractivity contribution in [3.63, 3.8) is 0 Å². The molecule has 0 unspecified atom stereocenters. The van der Waals surface area contributed by atoms with Gasteiger partial charge in [0.05, 0.1) is 6.61 Å². The molecule has 0 atom stereocenters. The van der Waals surface area contributed by atoms with Gasteiger partial charge in [-0.25, -0.2) is 4.79 Å². The van der Waals surface area contributed by atoms with Crippen LogP contribution in [0.3, 0.4) is 0 Å². The number of alkyl carbamates (subject to hydrolysis) is 1. The molecule has 0 saturated heterocycles. The molecular weight excluding hydrogens is 230 g/mol. The maximum Gasteiger partial charge on any atom is 0.407 e. The number of ether oxygens (including phenoxy) is 1. The van der Waals surface area contributed by atoms with Crippen LogP contribution in [-0.4, -0.2) is 23.3 Å². The highest BCUT2D eigenvalue weighted by Crippen LogP contribution is 2.11. The molecule has 4 heteroatoms. The van der Waals surface area contributed by atoms with Crippen LogP contribution < -0.4 is 5.32 Å². The smallest absolute Gasteiger partial charge is 0.407 e. The minimum atomic E-state index is -0.381. The molecule has 1 rings (SSSR count). The zero-order chi connectivity index (χ0) is 13.6. The summed E-state index contributed by atoms with van der Waals surface area (Å²) in [4.78, 5) is 11.3. The first kappa shape index (κ1) is 14.4. The Labute approximate surface area is 108 Å². The first-order valence-electron chi connectivity index (χ1n) is 6.10. The van der Waals surface area contributed by atoms with Crippen molar-refractivity contribution in [1.29, 1.82) is 0 Å². The molecule has 100 valence electrons. The molecule has 1 aromatic rings. The van der Waals surface area contributed by atoms with Crippen molar-refractivity contribution >= 4 is 6.09 Å². The Morgan fingerprint density at radius 1 is 1.28 bits per heavy atom. The summed E-state index contributed by atoms with van der Waals surface area (Å²) in [6.07, 6.45) is 1.21. The Morgan fingerprint density at radius 2 is 1.89 bits per heavy atom. The lowest BCUT2D eigenvalue weighted by Crippen LogP contribution is -2.41. The Bertz CT molecular complexity index is 379. The minimum Gasteiger partial charge on any atom is -0.508 e. The maximum absolute atomic E-state index is 11.3. The van der Waals surface area contributed by atoms with Gasteiger partial charge in [-0.2, -0.15) is 0 Å². The summed E-state index contributed by atoms with van der Waals surface area (Å²) < 4.78 is 5.06. The van der Waals surface area contributed by atoms with Gasteiger partial charge in [-0.15, -0.1) is 0 Å². The molecule has 0 aliphatic carbocycles. The van der Waals surface area contributed by atoms with E-state index in [9.17, 15) is 4.79 Å². The number of phenols is 1. The third-order valence-corrected chi connectivity index (χ3v) is 2.26. The third kappa shape index (κ3) is 6.13. The summed E-state index contributed by atoms with van der Waals surface area (Å²) >= 11 is 0. The molecular formula is C14H21NO3. The van der Waals surface area contributed by atoms with Crippen LogP contribution in [0.5, 0.6) is 5.75 Å². The summed E-state index contributed by atoms with van der Waals surface area (Å²) in [6.45, 7) is 6.11. The van der Waals surface area contributed by atoms with Crippen LogP contribution in [0.1, 0.15) is 32.8 Å². The molecule has 0 saturated carbocycles. The Hall–Kier alpha value is -1.71.